The molecule has 4 heteroatoms. The molecular weight excluding hydrogens is 424 g/mol. The zero-order valence-electron chi connectivity index (χ0n) is 19.5. The predicted molar refractivity (Wildman–Crippen MR) is 131 cm³/mol. The van der Waals surface area contributed by atoms with E-state index in [2.05, 4.69) is 36.9 Å². The van der Waals surface area contributed by atoms with Gasteiger partial charge in [0.05, 0.1) is 24.9 Å². The average Bonchev–Trinajstić information content (AvgIpc) is 3.25. The molecule has 3 fully saturated rings. The van der Waals surface area contributed by atoms with Crippen molar-refractivity contribution in [1.29, 1.82) is 0 Å². The minimum atomic E-state index is -0.283. The molecule has 1 heterocycles. The molecule has 1 saturated heterocycles. The number of methoxy groups -OCH3 is 1. The number of allylic oxidation sites excluding steroid dienone is 1. The molecule has 0 bridgehead atoms. The van der Waals surface area contributed by atoms with Gasteiger partial charge in [-0.05, 0) is 67.0 Å². The van der Waals surface area contributed by atoms with Crippen LogP contribution in [0.2, 0.25) is 0 Å². The molecule has 4 nitrogen and oxygen atoms in total. The van der Waals surface area contributed by atoms with Crippen LogP contribution in [-0.4, -0.2) is 31.4 Å². The molecule has 0 aromatic heterocycles. The third kappa shape index (κ3) is 3.19. The first-order valence-corrected chi connectivity index (χ1v) is 12.3. The molecule has 0 N–H and O–H groups in total. The highest BCUT2D eigenvalue weighted by atomic mass is 16.6. The van der Waals surface area contributed by atoms with Gasteiger partial charge in [0.15, 0.2) is 0 Å². The van der Waals surface area contributed by atoms with Gasteiger partial charge in [-0.3, -0.25) is 0 Å². The van der Waals surface area contributed by atoms with Gasteiger partial charge >= 0.3 is 5.97 Å². The molecule has 6 rings (SSSR count). The van der Waals surface area contributed by atoms with E-state index in [0.29, 0.717) is 11.5 Å². The zero-order chi connectivity index (χ0) is 23.3. The van der Waals surface area contributed by atoms with E-state index >= 15 is 0 Å². The normalized spacial score (nSPS) is 33.3. The lowest BCUT2D eigenvalue weighted by molar-refractivity contribution is -0.0810. The Morgan fingerprint density at radius 3 is 2.56 bits per heavy atom. The minimum absolute atomic E-state index is 0.123. The van der Waals surface area contributed by atoms with Crippen LogP contribution in [0.3, 0.4) is 0 Å². The van der Waals surface area contributed by atoms with Gasteiger partial charge in [0.2, 0.25) is 0 Å². The highest BCUT2D eigenvalue weighted by molar-refractivity contribution is 5.90. The Morgan fingerprint density at radius 1 is 1.06 bits per heavy atom. The second-order valence-electron chi connectivity index (χ2n) is 9.89. The third-order valence-corrected chi connectivity index (χ3v) is 8.41. The number of ether oxygens (including phenoxy) is 3. The summed E-state index contributed by atoms with van der Waals surface area (Å²) in [5.41, 5.74) is 3.90. The predicted octanol–water partition coefficient (Wildman–Crippen LogP) is 6.11. The van der Waals surface area contributed by atoms with E-state index in [4.69, 9.17) is 14.2 Å². The quantitative estimate of drug-likeness (QED) is 0.404. The van der Waals surface area contributed by atoms with E-state index in [0.717, 1.165) is 42.6 Å². The van der Waals surface area contributed by atoms with Crippen LogP contribution in [0.15, 0.2) is 90.7 Å². The van der Waals surface area contributed by atoms with Crippen molar-refractivity contribution >= 4 is 5.97 Å². The Balaban J connectivity index is 1.24. The van der Waals surface area contributed by atoms with E-state index in [1.54, 1.807) is 7.11 Å². The summed E-state index contributed by atoms with van der Waals surface area (Å²) in [6.45, 7) is 4.25. The lowest BCUT2D eigenvalue weighted by atomic mass is 9.53. The Kier molecular flexibility index (Phi) is 5.22. The fraction of sp³-hybridized carbons (Fsp3) is 0.367. The van der Waals surface area contributed by atoms with Crippen molar-refractivity contribution < 1.29 is 19.0 Å². The van der Waals surface area contributed by atoms with Gasteiger partial charge in [-0.1, -0.05) is 54.1 Å². The fourth-order valence-electron chi connectivity index (χ4n) is 6.82. The smallest absolute Gasteiger partial charge is 0.338 e. The van der Waals surface area contributed by atoms with E-state index < -0.39 is 0 Å². The number of carbonyl (C=O) groups excluding carboxylic acids is 1. The van der Waals surface area contributed by atoms with Crippen molar-refractivity contribution in [3.63, 3.8) is 0 Å². The minimum Gasteiger partial charge on any atom is -0.497 e. The van der Waals surface area contributed by atoms with E-state index in [1.807, 2.05) is 42.5 Å². The molecule has 2 aromatic rings. The lowest BCUT2D eigenvalue weighted by Gasteiger charge is -2.50. The van der Waals surface area contributed by atoms with Crippen molar-refractivity contribution in [3.05, 3.63) is 96.3 Å². The van der Waals surface area contributed by atoms with Crippen molar-refractivity contribution in [3.8, 4) is 11.1 Å². The van der Waals surface area contributed by atoms with E-state index in [1.165, 1.54) is 5.57 Å². The summed E-state index contributed by atoms with van der Waals surface area (Å²) < 4.78 is 18.3. The molecule has 1 aliphatic heterocycles. The topological polar surface area (TPSA) is 44.8 Å². The van der Waals surface area contributed by atoms with Crippen LogP contribution in [0.25, 0.3) is 11.1 Å². The van der Waals surface area contributed by atoms with Crippen molar-refractivity contribution in [1.82, 2.24) is 0 Å². The second-order valence-corrected chi connectivity index (χ2v) is 9.89. The maximum absolute atomic E-state index is 13.1. The number of rotatable bonds is 5. The SMILES string of the molecule is C=CC12C3=CC(OC)=CC1OC1C(OC(=O)c4ccc(-c5ccccc5)cc4)CCC(CC3)C12. The Labute approximate surface area is 200 Å². The molecule has 6 unspecified atom stereocenters. The molecule has 4 aliphatic rings. The van der Waals surface area contributed by atoms with Gasteiger partial charge in [-0.2, -0.15) is 0 Å². The maximum atomic E-state index is 13.1. The Bertz CT molecular complexity index is 1160. The fourth-order valence-corrected chi connectivity index (χ4v) is 6.82. The summed E-state index contributed by atoms with van der Waals surface area (Å²) in [7, 11) is 1.70. The second kappa shape index (κ2) is 8.28. The Morgan fingerprint density at radius 2 is 1.82 bits per heavy atom. The van der Waals surface area contributed by atoms with Gasteiger partial charge in [-0.15, -0.1) is 6.58 Å². The summed E-state index contributed by atoms with van der Waals surface area (Å²) in [6.07, 6.45) is 9.88. The molecule has 0 spiro atoms. The molecule has 0 radical (unpaired) electrons. The van der Waals surface area contributed by atoms with Crippen LogP contribution in [-0.2, 0) is 14.2 Å². The van der Waals surface area contributed by atoms with Crippen LogP contribution >= 0.6 is 0 Å². The van der Waals surface area contributed by atoms with Crippen LogP contribution in [0.4, 0.5) is 0 Å². The molecule has 2 aromatic carbocycles. The molecule has 2 saturated carbocycles. The first-order chi connectivity index (χ1) is 16.6. The Hall–Kier alpha value is -3.11. The summed E-state index contributed by atoms with van der Waals surface area (Å²) in [4.78, 5) is 13.1. The summed E-state index contributed by atoms with van der Waals surface area (Å²) in [5.74, 6) is 1.40. The van der Waals surface area contributed by atoms with Gasteiger partial charge < -0.3 is 14.2 Å². The van der Waals surface area contributed by atoms with Crippen LogP contribution < -0.4 is 0 Å². The molecule has 0 amide bonds. The molecule has 174 valence electrons. The van der Waals surface area contributed by atoms with Crippen LogP contribution in [0.1, 0.15) is 36.0 Å². The monoisotopic (exact) mass is 454 g/mol. The number of hydrogen-bond donors (Lipinski definition) is 0. The number of benzene rings is 2. The summed E-state index contributed by atoms with van der Waals surface area (Å²) in [6, 6.07) is 17.8. The summed E-state index contributed by atoms with van der Waals surface area (Å²) in [5, 5.41) is 0. The van der Waals surface area contributed by atoms with Crippen LogP contribution in [0, 0.1) is 17.3 Å². The molecule has 6 atom stereocenters. The van der Waals surface area contributed by atoms with Crippen molar-refractivity contribution in [2.45, 2.75) is 44.0 Å². The van der Waals surface area contributed by atoms with Crippen molar-refractivity contribution in [2.24, 2.45) is 17.3 Å². The van der Waals surface area contributed by atoms with Gasteiger partial charge in [0.25, 0.3) is 0 Å². The summed E-state index contributed by atoms with van der Waals surface area (Å²) >= 11 is 0. The average molecular weight is 455 g/mol. The first-order valence-electron chi connectivity index (χ1n) is 12.3. The molecule has 3 aliphatic carbocycles. The van der Waals surface area contributed by atoms with Crippen molar-refractivity contribution in [2.75, 3.05) is 7.11 Å². The first kappa shape index (κ1) is 21.4. The highest BCUT2D eigenvalue weighted by Crippen LogP contribution is 2.63. The van der Waals surface area contributed by atoms with Gasteiger partial charge in [0.1, 0.15) is 11.9 Å². The number of esters is 1. The standard InChI is InChI=1S/C30H30O4/c1-3-30-23-15-13-21-14-16-25(28(27(21)30)34-26(30)18-24(17-23)32-2)33-29(31)22-11-9-20(10-12-22)19-7-5-4-6-8-19/h3-12,17-18,21,25-28H,1,13-16H2,2H3. The lowest BCUT2D eigenvalue weighted by Crippen LogP contribution is -2.50. The van der Waals surface area contributed by atoms with Crippen LogP contribution in [0.5, 0.6) is 0 Å². The maximum Gasteiger partial charge on any atom is 0.338 e. The largest absolute Gasteiger partial charge is 0.497 e. The molecule has 34 heavy (non-hydrogen) atoms. The highest BCUT2D eigenvalue weighted by Gasteiger charge is 2.64. The zero-order valence-corrected chi connectivity index (χ0v) is 19.5. The number of hydrogen-bond acceptors (Lipinski definition) is 4. The van der Waals surface area contributed by atoms with E-state index in [9.17, 15) is 4.79 Å². The number of carbonyl (C=O) groups is 1. The van der Waals surface area contributed by atoms with Gasteiger partial charge in [-0.25, -0.2) is 4.79 Å². The van der Waals surface area contributed by atoms with Gasteiger partial charge in [0, 0.05) is 11.3 Å². The van der Waals surface area contributed by atoms with E-state index in [-0.39, 0.29) is 35.6 Å². The molecular formula is C30H30O4. The third-order valence-electron chi connectivity index (χ3n) is 8.41.